The van der Waals surface area contributed by atoms with Gasteiger partial charge >= 0.3 is 0 Å². The van der Waals surface area contributed by atoms with Crippen molar-refractivity contribution in [3.63, 3.8) is 0 Å². The van der Waals surface area contributed by atoms with Crippen LogP contribution >= 0.6 is 11.6 Å². The Morgan fingerprint density at radius 2 is 1.95 bits per heavy atom. The maximum atomic E-state index is 14.0. The Kier molecular flexibility index (Phi) is 4.14. The van der Waals surface area contributed by atoms with Gasteiger partial charge in [-0.1, -0.05) is 35.9 Å². The van der Waals surface area contributed by atoms with Gasteiger partial charge < -0.3 is 0 Å². The van der Waals surface area contributed by atoms with E-state index in [2.05, 4.69) is 5.43 Å². The molecule has 0 heterocycles. The van der Waals surface area contributed by atoms with Crippen molar-refractivity contribution in [2.75, 3.05) is 0 Å². The number of hydrazine groups is 1. The average Bonchev–Trinajstić information content (AvgIpc) is 2.39. The number of nitrogens with two attached hydrogens (primary N) is 1. The number of halogens is 3. The third-order valence-corrected chi connectivity index (χ3v) is 3.27. The molecule has 2 nitrogen and oxygen atoms in total. The monoisotopic (exact) mass is 282 g/mol. The number of rotatable bonds is 3. The number of hydrogen-bond acceptors (Lipinski definition) is 2. The Hall–Kier alpha value is -1.49. The maximum absolute atomic E-state index is 14.0. The molecule has 0 aromatic heterocycles. The summed E-state index contributed by atoms with van der Waals surface area (Å²) in [4.78, 5) is 0. The first-order chi connectivity index (χ1) is 9.04. The van der Waals surface area contributed by atoms with Crippen LogP contribution in [0.2, 0.25) is 5.02 Å². The summed E-state index contributed by atoms with van der Waals surface area (Å²) in [7, 11) is 0. The Morgan fingerprint density at radius 3 is 2.58 bits per heavy atom. The molecule has 1 atom stereocenters. The van der Waals surface area contributed by atoms with Gasteiger partial charge in [0.05, 0.1) is 11.1 Å². The minimum atomic E-state index is -0.585. The van der Waals surface area contributed by atoms with E-state index in [-0.39, 0.29) is 10.8 Å². The van der Waals surface area contributed by atoms with Crippen molar-refractivity contribution in [3.8, 4) is 0 Å². The van der Waals surface area contributed by atoms with Crippen LogP contribution in [0.1, 0.15) is 22.7 Å². The Morgan fingerprint density at radius 1 is 1.21 bits per heavy atom. The fraction of sp³-hybridized carbons (Fsp3) is 0.143. The van der Waals surface area contributed by atoms with Gasteiger partial charge in [0.15, 0.2) is 0 Å². The molecule has 0 saturated carbocycles. The number of benzene rings is 2. The molecule has 0 aliphatic carbocycles. The van der Waals surface area contributed by atoms with Gasteiger partial charge in [-0.3, -0.25) is 5.84 Å². The smallest absolute Gasteiger partial charge is 0.146 e. The van der Waals surface area contributed by atoms with Gasteiger partial charge in [-0.05, 0) is 30.2 Å². The SMILES string of the molecule is Cc1cc(C(NN)c2cccc(Cl)c2F)ccc1F. The highest BCUT2D eigenvalue weighted by molar-refractivity contribution is 6.30. The largest absolute Gasteiger partial charge is 0.271 e. The zero-order chi connectivity index (χ0) is 14.0. The van der Waals surface area contributed by atoms with Crippen molar-refractivity contribution in [3.05, 3.63) is 69.7 Å². The van der Waals surface area contributed by atoms with E-state index in [0.717, 1.165) is 0 Å². The minimum Gasteiger partial charge on any atom is -0.271 e. The number of hydrogen-bond donors (Lipinski definition) is 2. The first-order valence-electron chi connectivity index (χ1n) is 5.70. The van der Waals surface area contributed by atoms with E-state index in [9.17, 15) is 8.78 Å². The summed E-state index contributed by atoms with van der Waals surface area (Å²) in [6.07, 6.45) is 0. The third kappa shape index (κ3) is 2.76. The molecule has 0 bridgehead atoms. The molecule has 2 aromatic rings. The van der Waals surface area contributed by atoms with Crippen LogP contribution < -0.4 is 11.3 Å². The molecule has 0 spiro atoms. The van der Waals surface area contributed by atoms with Crippen molar-refractivity contribution < 1.29 is 8.78 Å². The van der Waals surface area contributed by atoms with E-state index in [1.807, 2.05) is 0 Å². The van der Waals surface area contributed by atoms with E-state index < -0.39 is 11.9 Å². The van der Waals surface area contributed by atoms with Crippen molar-refractivity contribution in [2.24, 2.45) is 5.84 Å². The molecule has 2 aromatic carbocycles. The molecular weight excluding hydrogens is 270 g/mol. The first kappa shape index (κ1) is 13.9. The second kappa shape index (κ2) is 5.65. The fourth-order valence-corrected chi connectivity index (χ4v) is 2.14. The maximum Gasteiger partial charge on any atom is 0.146 e. The topological polar surface area (TPSA) is 38.0 Å². The Labute approximate surface area is 115 Å². The van der Waals surface area contributed by atoms with Gasteiger partial charge in [0.2, 0.25) is 0 Å². The molecule has 0 amide bonds. The standard InChI is InChI=1S/C14H13ClF2N2/c1-8-7-9(5-6-12(8)16)14(19-18)10-3-2-4-11(15)13(10)17/h2-7,14,19H,18H2,1H3. The van der Waals surface area contributed by atoms with Gasteiger partial charge in [0, 0.05) is 5.56 Å². The van der Waals surface area contributed by atoms with E-state index in [1.54, 1.807) is 31.2 Å². The normalized spacial score (nSPS) is 12.5. The quantitative estimate of drug-likeness (QED) is 0.668. The van der Waals surface area contributed by atoms with Gasteiger partial charge in [0.1, 0.15) is 11.6 Å². The zero-order valence-corrected chi connectivity index (χ0v) is 11.0. The van der Waals surface area contributed by atoms with Crippen molar-refractivity contribution in [1.29, 1.82) is 0 Å². The van der Waals surface area contributed by atoms with Gasteiger partial charge in [-0.25, -0.2) is 14.2 Å². The second-order valence-electron chi connectivity index (χ2n) is 4.25. The van der Waals surface area contributed by atoms with Crippen LogP contribution in [-0.2, 0) is 0 Å². The Balaban J connectivity index is 2.50. The second-order valence-corrected chi connectivity index (χ2v) is 4.66. The molecule has 5 heteroatoms. The van der Waals surface area contributed by atoms with Crippen LogP contribution in [0.3, 0.4) is 0 Å². The highest BCUT2D eigenvalue weighted by Gasteiger charge is 2.18. The number of nitrogens with one attached hydrogen (secondary N) is 1. The van der Waals surface area contributed by atoms with E-state index in [4.69, 9.17) is 17.4 Å². The van der Waals surface area contributed by atoms with E-state index >= 15 is 0 Å². The Bertz CT molecular complexity index is 602. The van der Waals surface area contributed by atoms with Gasteiger partial charge in [0.25, 0.3) is 0 Å². The first-order valence-corrected chi connectivity index (χ1v) is 6.08. The summed E-state index contributed by atoms with van der Waals surface area (Å²) in [6, 6.07) is 8.62. The molecular formula is C14H13ClF2N2. The summed E-state index contributed by atoms with van der Waals surface area (Å²) in [5.41, 5.74) is 3.99. The lowest BCUT2D eigenvalue weighted by Crippen LogP contribution is -2.29. The van der Waals surface area contributed by atoms with E-state index in [0.29, 0.717) is 16.7 Å². The molecule has 0 aliphatic heterocycles. The van der Waals surface area contributed by atoms with Gasteiger partial charge in [-0.2, -0.15) is 0 Å². The van der Waals surface area contributed by atoms with Crippen LogP contribution in [0.5, 0.6) is 0 Å². The lowest BCUT2D eigenvalue weighted by Gasteiger charge is -2.18. The highest BCUT2D eigenvalue weighted by atomic mass is 35.5. The molecule has 0 saturated heterocycles. The zero-order valence-electron chi connectivity index (χ0n) is 10.3. The summed E-state index contributed by atoms with van der Waals surface area (Å²) < 4.78 is 27.3. The third-order valence-electron chi connectivity index (χ3n) is 2.97. The predicted molar refractivity (Wildman–Crippen MR) is 71.7 cm³/mol. The van der Waals surface area contributed by atoms with Gasteiger partial charge in [-0.15, -0.1) is 0 Å². The molecule has 0 aliphatic rings. The van der Waals surface area contributed by atoms with Crippen LogP contribution in [0.25, 0.3) is 0 Å². The van der Waals surface area contributed by atoms with Crippen LogP contribution in [0.4, 0.5) is 8.78 Å². The molecule has 3 N–H and O–H groups in total. The molecule has 100 valence electrons. The summed E-state index contributed by atoms with van der Waals surface area (Å²) in [6.45, 7) is 1.64. The molecule has 1 unspecified atom stereocenters. The van der Waals surface area contributed by atoms with Crippen LogP contribution in [0.15, 0.2) is 36.4 Å². The summed E-state index contributed by atoms with van der Waals surface area (Å²) >= 11 is 5.76. The van der Waals surface area contributed by atoms with Crippen LogP contribution in [-0.4, -0.2) is 0 Å². The van der Waals surface area contributed by atoms with Crippen molar-refractivity contribution >= 4 is 11.6 Å². The summed E-state index contributed by atoms with van der Waals surface area (Å²) in [5.74, 6) is 4.64. The molecule has 2 rings (SSSR count). The summed E-state index contributed by atoms with van der Waals surface area (Å²) in [5, 5.41) is 0.0246. The van der Waals surface area contributed by atoms with Crippen LogP contribution in [0, 0.1) is 18.6 Å². The predicted octanol–water partition coefficient (Wildman–Crippen LogP) is 3.48. The molecule has 0 fully saturated rings. The minimum absolute atomic E-state index is 0.0246. The lowest BCUT2D eigenvalue weighted by molar-refractivity contribution is 0.558. The highest BCUT2D eigenvalue weighted by Crippen LogP contribution is 2.28. The fourth-order valence-electron chi connectivity index (χ4n) is 1.96. The average molecular weight is 283 g/mol. The molecule has 19 heavy (non-hydrogen) atoms. The van der Waals surface area contributed by atoms with Crippen molar-refractivity contribution in [1.82, 2.24) is 5.43 Å². The number of aryl methyl sites for hydroxylation is 1. The lowest BCUT2D eigenvalue weighted by atomic mass is 9.97. The van der Waals surface area contributed by atoms with E-state index in [1.165, 1.54) is 12.1 Å². The molecule has 0 radical (unpaired) electrons. The van der Waals surface area contributed by atoms with Crippen molar-refractivity contribution in [2.45, 2.75) is 13.0 Å².